The van der Waals surface area contributed by atoms with Crippen LogP contribution in [0.2, 0.25) is 0 Å². The van der Waals surface area contributed by atoms with Crippen LogP contribution in [0.15, 0.2) is 27.9 Å². The molecular formula is C21H20N7O5S+. The third-order valence-electron chi connectivity index (χ3n) is 4.54. The van der Waals surface area contributed by atoms with Gasteiger partial charge in [0.25, 0.3) is 6.20 Å². The first kappa shape index (κ1) is 24.2. The number of nitrogens with one attached hydrogen (secondary N) is 1. The maximum Gasteiger partial charge on any atom is 0.302 e. The standard InChI is InChI=1S/C21H19N7O5S/c1-28-9-17(33-27-28)25-16(29)10-34-21-13(8-23)18(12(7-22)20(24)26-21)11-5-14(30-2)19(32-4)15(6-11)31-3/h5-6,9H,10H2,1-4H3,(H2-,24,25,26,27,29)/p+1. The number of methoxy groups -OCH3 is 3. The fraction of sp³-hybridized carbons (Fsp3) is 0.238. The van der Waals surface area contributed by atoms with Gasteiger partial charge in [-0.15, -0.1) is 0 Å². The van der Waals surface area contributed by atoms with Crippen LogP contribution in [0, 0.1) is 22.7 Å². The number of ether oxygens (including phenoxy) is 3. The lowest BCUT2D eigenvalue weighted by molar-refractivity contribution is -0.739. The van der Waals surface area contributed by atoms with Crippen molar-refractivity contribution in [2.75, 3.05) is 38.1 Å². The lowest BCUT2D eigenvalue weighted by Crippen LogP contribution is -2.28. The normalized spacial score (nSPS) is 10.2. The topological polar surface area (TPSA) is 173 Å². The molecule has 0 fully saturated rings. The fourth-order valence-corrected chi connectivity index (χ4v) is 3.90. The summed E-state index contributed by atoms with van der Waals surface area (Å²) in [6.45, 7) is 0. The molecule has 34 heavy (non-hydrogen) atoms. The average molecular weight is 483 g/mol. The van der Waals surface area contributed by atoms with Crippen LogP contribution in [0.4, 0.5) is 11.7 Å². The number of nitrogens with two attached hydrogens (primary N) is 1. The Hall–Kier alpha value is -4.49. The second-order valence-corrected chi connectivity index (χ2v) is 7.61. The number of carbonyl (C=O) groups excluding carboxylic acids is 1. The molecule has 1 amide bonds. The molecule has 0 saturated heterocycles. The maximum absolute atomic E-state index is 12.3. The van der Waals surface area contributed by atoms with E-state index in [4.69, 9.17) is 24.5 Å². The van der Waals surface area contributed by atoms with Gasteiger partial charge in [0, 0.05) is 5.56 Å². The Bertz CT molecular complexity index is 1300. The van der Waals surface area contributed by atoms with E-state index in [-0.39, 0.29) is 39.2 Å². The molecule has 0 bridgehead atoms. The molecule has 1 aromatic carbocycles. The number of aromatic nitrogens is 3. The van der Waals surface area contributed by atoms with Gasteiger partial charge in [0.2, 0.25) is 11.7 Å². The monoisotopic (exact) mass is 482 g/mol. The number of nitrogen functional groups attached to an aromatic ring is 1. The number of nitrogens with zero attached hydrogens (tertiary/aromatic N) is 5. The molecule has 174 valence electrons. The highest BCUT2D eigenvalue weighted by Crippen LogP contribution is 2.44. The lowest BCUT2D eigenvalue weighted by atomic mass is 9.96. The van der Waals surface area contributed by atoms with Crippen LogP contribution in [0.1, 0.15) is 11.1 Å². The summed E-state index contributed by atoms with van der Waals surface area (Å²) < 4.78 is 22.5. The van der Waals surface area contributed by atoms with E-state index in [9.17, 15) is 15.3 Å². The van der Waals surface area contributed by atoms with Crippen molar-refractivity contribution in [1.29, 1.82) is 10.5 Å². The third-order valence-corrected chi connectivity index (χ3v) is 5.52. The summed E-state index contributed by atoms with van der Waals surface area (Å²) >= 11 is 0.984. The molecule has 2 aromatic heterocycles. The first-order chi connectivity index (χ1) is 16.4. The number of amides is 1. The van der Waals surface area contributed by atoms with Gasteiger partial charge in [-0.05, 0) is 17.7 Å². The van der Waals surface area contributed by atoms with Crippen LogP contribution in [-0.2, 0) is 11.8 Å². The van der Waals surface area contributed by atoms with Gasteiger partial charge in [-0.2, -0.15) is 10.5 Å². The van der Waals surface area contributed by atoms with E-state index in [0.717, 1.165) is 11.8 Å². The Balaban J connectivity index is 2.06. The smallest absolute Gasteiger partial charge is 0.302 e. The molecule has 0 spiro atoms. The van der Waals surface area contributed by atoms with E-state index in [1.54, 1.807) is 19.2 Å². The van der Waals surface area contributed by atoms with Crippen LogP contribution < -0.4 is 29.9 Å². The number of thioether (sulfide) groups is 1. The van der Waals surface area contributed by atoms with Gasteiger partial charge in [0.15, 0.2) is 23.8 Å². The number of hydrogen-bond donors (Lipinski definition) is 2. The fourth-order valence-electron chi connectivity index (χ4n) is 3.10. The van der Waals surface area contributed by atoms with Crippen molar-refractivity contribution >= 4 is 29.4 Å². The summed E-state index contributed by atoms with van der Waals surface area (Å²) in [4.78, 5) is 16.5. The van der Waals surface area contributed by atoms with E-state index < -0.39 is 5.91 Å². The minimum Gasteiger partial charge on any atom is -0.493 e. The van der Waals surface area contributed by atoms with Crippen LogP contribution in [0.3, 0.4) is 0 Å². The zero-order valence-electron chi connectivity index (χ0n) is 18.7. The van der Waals surface area contributed by atoms with E-state index in [1.165, 1.54) is 32.2 Å². The molecule has 0 radical (unpaired) electrons. The van der Waals surface area contributed by atoms with Crippen LogP contribution >= 0.6 is 11.8 Å². The van der Waals surface area contributed by atoms with Crippen LogP contribution in [0.5, 0.6) is 17.2 Å². The van der Waals surface area contributed by atoms with Gasteiger partial charge in [0.05, 0.1) is 32.6 Å². The van der Waals surface area contributed by atoms with Crippen molar-refractivity contribution in [3.05, 3.63) is 29.5 Å². The summed E-state index contributed by atoms with van der Waals surface area (Å²) in [6, 6.07) is 7.28. The van der Waals surface area contributed by atoms with E-state index in [2.05, 4.69) is 21.6 Å². The number of aryl methyl sites for hydroxylation is 1. The zero-order valence-corrected chi connectivity index (χ0v) is 19.5. The summed E-state index contributed by atoms with van der Waals surface area (Å²) in [7, 11) is 6.01. The molecule has 0 atom stereocenters. The van der Waals surface area contributed by atoms with Crippen molar-refractivity contribution in [3.63, 3.8) is 0 Å². The Morgan fingerprint density at radius 1 is 1.18 bits per heavy atom. The van der Waals surface area contributed by atoms with Crippen molar-refractivity contribution in [2.45, 2.75) is 5.03 Å². The van der Waals surface area contributed by atoms with Gasteiger partial charge in [-0.1, -0.05) is 16.4 Å². The molecule has 0 aliphatic carbocycles. The lowest BCUT2D eigenvalue weighted by Gasteiger charge is -2.17. The Morgan fingerprint density at radius 3 is 2.32 bits per heavy atom. The number of carbonyl (C=O) groups is 1. The van der Waals surface area contributed by atoms with Gasteiger partial charge in [0.1, 0.15) is 28.5 Å². The molecule has 12 nitrogen and oxygen atoms in total. The third kappa shape index (κ3) is 4.79. The highest BCUT2D eigenvalue weighted by molar-refractivity contribution is 8.00. The summed E-state index contributed by atoms with van der Waals surface area (Å²) in [5, 5.41) is 26.1. The number of pyridine rings is 1. The van der Waals surface area contributed by atoms with Crippen LogP contribution in [0.25, 0.3) is 11.1 Å². The molecule has 0 aliphatic heterocycles. The maximum atomic E-state index is 12.3. The van der Waals surface area contributed by atoms with Gasteiger partial charge in [-0.25, -0.2) is 4.98 Å². The minimum absolute atomic E-state index is 0.00813. The molecule has 3 rings (SSSR count). The predicted octanol–water partition coefficient (Wildman–Crippen LogP) is 1.64. The number of hydrogen-bond acceptors (Lipinski definition) is 11. The van der Waals surface area contributed by atoms with Gasteiger partial charge in [-0.3, -0.25) is 14.6 Å². The van der Waals surface area contributed by atoms with Crippen LogP contribution in [-0.4, -0.2) is 43.2 Å². The molecular weight excluding hydrogens is 462 g/mol. The minimum atomic E-state index is -0.412. The number of nitriles is 2. The molecule has 3 aromatic rings. The van der Waals surface area contributed by atoms with Crippen molar-refractivity contribution < 1.29 is 28.2 Å². The van der Waals surface area contributed by atoms with Gasteiger partial charge < -0.3 is 19.9 Å². The van der Waals surface area contributed by atoms with E-state index in [0.29, 0.717) is 22.8 Å². The molecule has 2 heterocycles. The van der Waals surface area contributed by atoms with Crippen molar-refractivity contribution in [2.24, 2.45) is 7.05 Å². The highest BCUT2D eigenvalue weighted by Gasteiger charge is 2.24. The predicted molar refractivity (Wildman–Crippen MR) is 120 cm³/mol. The number of rotatable bonds is 8. The number of benzene rings is 1. The first-order valence-corrected chi connectivity index (χ1v) is 10.5. The molecule has 13 heteroatoms. The molecule has 0 saturated carbocycles. The average Bonchev–Trinajstić information content (AvgIpc) is 3.25. The second kappa shape index (κ2) is 10.4. The molecule has 3 N–H and O–H groups in total. The number of anilines is 2. The Morgan fingerprint density at radius 2 is 1.82 bits per heavy atom. The second-order valence-electron chi connectivity index (χ2n) is 6.64. The first-order valence-electron chi connectivity index (χ1n) is 9.56. The zero-order chi connectivity index (χ0) is 24.8. The van der Waals surface area contributed by atoms with E-state index >= 15 is 0 Å². The largest absolute Gasteiger partial charge is 0.493 e. The molecule has 0 aliphatic rings. The summed E-state index contributed by atoms with van der Waals surface area (Å²) in [5.41, 5.74) is 6.80. The quantitative estimate of drug-likeness (QED) is 0.353. The highest BCUT2D eigenvalue weighted by atomic mass is 32.2. The summed E-state index contributed by atoms with van der Waals surface area (Å²) in [6.07, 6.45) is 1.49. The van der Waals surface area contributed by atoms with Gasteiger partial charge >= 0.3 is 5.88 Å². The SMILES string of the molecule is COc1cc(-c2c(C#N)c(N)nc(SCC(=O)Nc3c[n+](C)no3)c2C#N)cc(OC)c1OC. The van der Waals surface area contributed by atoms with Crippen molar-refractivity contribution in [1.82, 2.24) is 10.3 Å². The Labute approximate surface area is 198 Å². The van der Waals surface area contributed by atoms with E-state index in [1.807, 2.05) is 6.07 Å². The Kier molecular flexibility index (Phi) is 7.40. The van der Waals surface area contributed by atoms with Crippen molar-refractivity contribution in [3.8, 4) is 40.5 Å². The summed E-state index contributed by atoms with van der Waals surface area (Å²) in [5.74, 6) is 0.563. The molecule has 0 unspecified atom stereocenters.